The van der Waals surface area contributed by atoms with Crippen molar-refractivity contribution in [2.75, 3.05) is 6.61 Å². The molecule has 0 aromatic heterocycles. The molecule has 3 saturated carbocycles. The second-order valence-corrected chi connectivity index (χ2v) is 8.65. The molecular weight excluding hydrogens is 258 g/mol. The quantitative estimate of drug-likeness (QED) is 0.758. The lowest BCUT2D eigenvalue weighted by Crippen LogP contribution is -2.48. The Bertz CT molecular complexity index is 420. The van der Waals surface area contributed by atoms with Gasteiger partial charge in [-0.1, -0.05) is 26.0 Å². The number of nitrogens with two attached hydrogens (primary N) is 1. The Morgan fingerprint density at radius 1 is 1.14 bits per heavy atom. The molecule has 2 nitrogen and oxygen atoms in total. The van der Waals surface area contributed by atoms with Crippen LogP contribution in [0, 0.1) is 28.6 Å². The van der Waals surface area contributed by atoms with Crippen molar-refractivity contribution < 1.29 is 5.11 Å². The van der Waals surface area contributed by atoms with E-state index in [1.165, 1.54) is 44.1 Å². The number of aliphatic hydroxyl groups excluding tert-OH is 1. The van der Waals surface area contributed by atoms with Crippen LogP contribution in [0.2, 0.25) is 0 Å². The van der Waals surface area contributed by atoms with Crippen molar-refractivity contribution in [2.24, 2.45) is 34.3 Å². The molecule has 3 aliphatic carbocycles. The molecule has 0 aromatic rings. The van der Waals surface area contributed by atoms with E-state index in [1.54, 1.807) is 0 Å². The maximum absolute atomic E-state index is 9.89. The van der Waals surface area contributed by atoms with E-state index >= 15 is 0 Å². The Labute approximate surface area is 130 Å². The Morgan fingerprint density at radius 3 is 2.62 bits per heavy atom. The van der Waals surface area contributed by atoms with Crippen LogP contribution in [0.15, 0.2) is 12.2 Å². The van der Waals surface area contributed by atoms with E-state index in [2.05, 4.69) is 20.4 Å². The third-order valence-corrected chi connectivity index (χ3v) is 7.81. The monoisotopic (exact) mass is 291 g/mol. The number of aliphatic hydroxyl groups is 1. The molecule has 120 valence electrons. The Morgan fingerprint density at radius 2 is 1.90 bits per heavy atom. The average Bonchev–Trinajstić information content (AvgIpc) is 2.77. The normalized spacial score (nSPS) is 51.0. The van der Waals surface area contributed by atoms with Crippen LogP contribution in [0.3, 0.4) is 0 Å². The van der Waals surface area contributed by atoms with Gasteiger partial charge < -0.3 is 10.8 Å². The zero-order chi connectivity index (χ0) is 15.3. The molecule has 0 aliphatic heterocycles. The minimum atomic E-state index is 0.301. The highest BCUT2D eigenvalue weighted by molar-refractivity contribution is 5.19. The zero-order valence-electron chi connectivity index (χ0n) is 13.9. The van der Waals surface area contributed by atoms with Gasteiger partial charge in [0.1, 0.15) is 0 Å². The van der Waals surface area contributed by atoms with Gasteiger partial charge in [-0.3, -0.25) is 0 Å². The van der Waals surface area contributed by atoms with E-state index in [1.807, 2.05) is 0 Å². The molecule has 3 rings (SSSR count). The van der Waals surface area contributed by atoms with Gasteiger partial charge in [-0.25, -0.2) is 0 Å². The summed E-state index contributed by atoms with van der Waals surface area (Å²) in [7, 11) is 0. The summed E-state index contributed by atoms with van der Waals surface area (Å²) in [5.41, 5.74) is 8.36. The highest BCUT2D eigenvalue weighted by Gasteiger charge is 2.51. The van der Waals surface area contributed by atoms with Crippen molar-refractivity contribution in [3.05, 3.63) is 12.2 Å². The summed E-state index contributed by atoms with van der Waals surface area (Å²) in [5, 5.41) is 9.89. The second-order valence-electron chi connectivity index (χ2n) is 8.65. The molecule has 0 heterocycles. The highest BCUT2D eigenvalue weighted by Crippen LogP contribution is 2.60. The summed E-state index contributed by atoms with van der Waals surface area (Å²) in [5.74, 6) is 2.00. The molecular formula is C19H33NO. The number of rotatable bonds is 2. The third kappa shape index (κ3) is 2.39. The smallest absolute Gasteiger partial charge is 0.0465 e. The lowest BCUT2D eigenvalue weighted by atomic mass is 9.53. The molecule has 21 heavy (non-hydrogen) atoms. The van der Waals surface area contributed by atoms with E-state index in [0.717, 1.165) is 24.7 Å². The van der Waals surface area contributed by atoms with Crippen molar-refractivity contribution >= 4 is 0 Å². The van der Waals surface area contributed by atoms with E-state index in [-0.39, 0.29) is 0 Å². The van der Waals surface area contributed by atoms with Gasteiger partial charge in [-0.15, -0.1) is 0 Å². The molecule has 0 spiro atoms. The topological polar surface area (TPSA) is 46.2 Å². The first-order valence-corrected chi connectivity index (χ1v) is 8.95. The van der Waals surface area contributed by atoms with Crippen LogP contribution < -0.4 is 5.73 Å². The van der Waals surface area contributed by atoms with Gasteiger partial charge in [0.15, 0.2) is 0 Å². The molecule has 6 atom stereocenters. The number of allylic oxidation sites excluding steroid dienone is 1. The first-order chi connectivity index (χ1) is 9.90. The SMILES string of the molecule is C=C1CCC2CC(C3(C)CCC(N)CC3CO)CCC12C. The van der Waals surface area contributed by atoms with Crippen LogP contribution in [-0.4, -0.2) is 17.8 Å². The van der Waals surface area contributed by atoms with Crippen LogP contribution >= 0.6 is 0 Å². The van der Waals surface area contributed by atoms with Gasteiger partial charge in [-0.05, 0) is 80.0 Å². The molecule has 3 aliphatic rings. The van der Waals surface area contributed by atoms with Gasteiger partial charge >= 0.3 is 0 Å². The van der Waals surface area contributed by atoms with Crippen molar-refractivity contribution in [3.63, 3.8) is 0 Å². The summed E-state index contributed by atoms with van der Waals surface area (Å²) in [6.07, 6.45) is 9.89. The van der Waals surface area contributed by atoms with Crippen molar-refractivity contribution in [3.8, 4) is 0 Å². The van der Waals surface area contributed by atoms with Crippen molar-refractivity contribution in [2.45, 2.75) is 71.3 Å². The average molecular weight is 291 g/mol. The van der Waals surface area contributed by atoms with Gasteiger partial charge in [0.2, 0.25) is 0 Å². The summed E-state index contributed by atoms with van der Waals surface area (Å²) in [4.78, 5) is 0. The first-order valence-electron chi connectivity index (χ1n) is 8.95. The van der Waals surface area contributed by atoms with E-state index in [4.69, 9.17) is 5.73 Å². The lowest BCUT2D eigenvalue weighted by Gasteiger charge is -2.53. The van der Waals surface area contributed by atoms with Crippen molar-refractivity contribution in [1.82, 2.24) is 0 Å². The van der Waals surface area contributed by atoms with Gasteiger partial charge in [0, 0.05) is 12.6 Å². The van der Waals surface area contributed by atoms with E-state index in [9.17, 15) is 5.11 Å². The maximum atomic E-state index is 9.89. The lowest BCUT2D eigenvalue weighted by molar-refractivity contribution is -0.0372. The van der Waals surface area contributed by atoms with Gasteiger partial charge in [-0.2, -0.15) is 0 Å². The number of hydrogen-bond acceptors (Lipinski definition) is 2. The molecule has 0 saturated heterocycles. The predicted molar refractivity (Wildman–Crippen MR) is 87.8 cm³/mol. The summed E-state index contributed by atoms with van der Waals surface area (Å²) >= 11 is 0. The fourth-order valence-corrected chi connectivity index (χ4v) is 5.81. The van der Waals surface area contributed by atoms with Gasteiger partial charge in [0.25, 0.3) is 0 Å². The Kier molecular flexibility index (Phi) is 3.99. The Balaban J connectivity index is 1.77. The van der Waals surface area contributed by atoms with E-state index in [0.29, 0.717) is 29.4 Å². The fraction of sp³-hybridized carbons (Fsp3) is 0.895. The molecule has 0 aromatic carbocycles. The predicted octanol–water partition coefficient (Wildman–Crippen LogP) is 3.89. The standard InChI is InChI=1S/C19H33NO/c1-13-4-5-14-10-15(6-8-18(13,14)2)19(3)9-7-17(20)11-16(19)12-21/h14-17,21H,1,4-12,20H2,2-3H3. The van der Waals surface area contributed by atoms with Crippen molar-refractivity contribution in [1.29, 1.82) is 0 Å². The number of fused-ring (bicyclic) bond motifs is 1. The molecule has 0 bridgehead atoms. The minimum Gasteiger partial charge on any atom is -0.396 e. The molecule has 3 fully saturated rings. The minimum absolute atomic E-state index is 0.301. The summed E-state index contributed by atoms with van der Waals surface area (Å²) in [6, 6.07) is 0.301. The summed E-state index contributed by atoms with van der Waals surface area (Å²) < 4.78 is 0. The zero-order valence-corrected chi connectivity index (χ0v) is 13.9. The molecule has 0 amide bonds. The van der Waals surface area contributed by atoms with Crippen LogP contribution in [0.4, 0.5) is 0 Å². The van der Waals surface area contributed by atoms with Crippen LogP contribution in [-0.2, 0) is 0 Å². The molecule has 6 unspecified atom stereocenters. The van der Waals surface area contributed by atoms with Crippen LogP contribution in [0.1, 0.15) is 65.2 Å². The van der Waals surface area contributed by atoms with Crippen LogP contribution in [0.5, 0.6) is 0 Å². The largest absolute Gasteiger partial charge is 0.396 e. The molecule has 2 heteroatoms. The van der Waals surface area contributed by atoms with E-state index < -0.39 is 0 Å². The third-order valence-electron chi connectivity index (χ3n) is 7.81. The fourth-order valence-electron chi connectivity index (χ4n) is 5.81. The second kappa shape index (κ2) is 5.38. The highest BCUT2D eigenvalue weighted by atomic mass is 16.3. The summed E-state index contributed by atoms with van der Waals surface area (Å²) in [6.45, 7) is 9.56. The number of hydrogen-bond donors (Lipinski definition) is 2. The first kappa shape index (κ1) is 15.6. The van der Waals surface area contributed by atoms with Crippen LogP contribution in [0.25, 0.3) is 0 Å². The maximum Gasteiger partial charge on any atom is 0.0465 e. The van der Waals surface area contributed by atoms with Gasteiger partial charge in [0.05, 0.1) is 0 Å². The Hall–Kier alpha value is -0.340. The molecule has 3 N–H and O–H groups in total. The molecule has 0 radical (unpaired) electrons.